The Morgan fingerprint density at radius 1 is 1.19 bits per heavy atom. The SMILES string of the molecule is [B]P(=O)(OC[C@H]1O[C@@H](n2cnc3c(N)nc(Cl)nc32)[C@H](O)[C@@H]1O)OP(=O)(O)OP(=O)(O)O. The summed E-state index contributed by atoms with van der Waals surface area (Å²) >= 11 is 5.77. The number of ether oxygens (including phenoxy) is 1. The summed E-state index contributed by atoms with van der Waals surface area (Å²) in [6, 6.07) is 0. The van der Waals surface area contributed by atoms with Crippen molar-refractivity contribution in [3.05, 3.63) is 11.6 Å². The standard InChI is InChI=1S/C10H14BClN5O12P3/c11-30(20,28-32(24,25)29-31(21,22)23)26-1-3-5(18)6(19)9(27-3)17-2-14-4-7(13)15-10(12)16-8(4)17/h2-3,5-6,9,18-19H,1H2,(H,24,25)(H2,13,15,16)(H2,21,22,23)/t3-,5-,6-,9-,30?/m1/s1. The van der Waals surface area contributed by atoms with E-state index in [1.165, 1.54) is 10.9 Å². The van der Waals surface area contributed by atoms with Gasteiger partial charge in [-0.05, 0) is 11.6 Å². The summed E-state index contributed by atoms with van der Waals surface area (Å²) in [6.07, 6.45) is -4.80. The van der Waals surface area contributed by atoms with Crippen molar-refractivity contribution in [3.63, 3.8) is 0 Å². The highest BCUT2D eigenvalue weighted by Crippen LogP contribution is 2.66. The maximum Gasteiger partial charge on any atom is 0.487 e. The Bertz CT molecular complexity index is 1160. The van der Waals surface area contributed by atoms with Gasteiger partial charge < -0.3 is 39.9 Å². The number of hydrogen-bond acceptors (Lipinski definition) is 13. The molecule has 22 heteroatoms. The molecule has 1 saturated heterocycles. The van der Waals surface area contributed by atoms with Crippen LogP contribution in [0.2, 0.25) is 5.28 Å². The predicted molar refractivity (Wildman–Crippen MR) is 104 cm³/mol. The number of hydrogen-bond donors (Lipinski definition) is 6. The van der Waals surface area contributed by atoms with Gasteiger partial charge in [0.2, 0.25) is 12.8 Å². The van der Waals surface area contributed by atoms with E-state index in [4.69, 9.17) is 39.4 Å². The number of rotatable bonds is 8. The van der Waals surface area contributed by atoms with Crippen LogP contribution >= 0.6 is 34.7 Å². The molecular formula is C10H14BClN5O12P3. The van der Waals surface area contributed by atoms with Gasteiger partial charge in [-0.3, -0.25) is 9.13 Å². The van der Waals surface area contributed by atoms with Crippen LogP contribution in [0.3, 0.4) is 0 Å². The fourth-order valence-electron chi connectivity index (χ4n) is 2.69. The van der Waals surface area contributed by atoms with Gasteiger partial charge in [-0.1, -0.05) is 0 Å². The van der Waals surface area contributed by atoms with Crippen LogP contribution < -0.4 is 5.73 Å². The second-order valence-corrected chi connectivity index (χ2v) is 11.1. The molecule has 0 aliphatic carbocycles. The van der Waals surface area contributed by atoms with Crippen molar-refractivity contribution in [1.82, 2.24) is 19.5 Å². The van der Waals surface area contributed by atoms with Crippen molar-refractivity contribution in [2.45, 2.75) is 24.5 Å². The average molecular weight is 535 g/mol. The molecule has 2 aromatic heterocycles. The monoisotopic (exact) mass is 535 g/mol. The van der Waals surface area contributed by atoms with Crippen molar-refractivity contribution < 1.29 is 56.5 Å². The van der Waals surface area contributed by atoms with Crippen LogP contribution in [0.25, 0.3) is 11.2 Å². The Hall–Kier alpha value is -0.965. The number of halogens is 1. The minimum absolute atomic E-state index is 0.0566. The van der Waals surface area contributed by atoms with Gasteiger partial charge in [-0.15, -0.1) is 0 Å². The molecule has 3 rings (SSSR count). The molecule has 6 atom stereocenters. The van der Waals surface area contributed by atoms with Crippen molar-refractivity contribution in [1.29, 1.82) is 0 Å². The Labute approximate surface area is 184 Å². The molecule has 0 amide bonds. The van der Waals surface area contributed by atoms with Crippen molar-refractivity contribution in [2.75, 3.05) is 12.3 Å². The number of imidazole rings is 1. The molecular weight excluding hydrogens is 521 g/mol. The molecule has 0 aromatic carbocycles. The first kappa shape index (κ1) is 25.7. The molecule has 17 nitrogen and oxygen atoms in total. The number of nitrogens with zero attached hydrogens (tertiary/aromatic N) is 4. The molecule has 0 bridgehead atoms. The summed E-state index contributed by atoms with van der Waals surface area (Å²) < 4.78 is 52.8. The number of aliphatic hydroxyl groups excluding tert-OH is 2. The van der Waals surface area contributed by atoms with E-state index in [1.807, 2.05) is 0 Å². The maximum atomic E-state index is 12.0. The van der Waals surface area contributed by atoms with E-state index in [9.17, 15) is 28.8 Å². The number of aromatic nitrogens is 4. The van der Waals surface area contributed by atoms with Crippen molar-refractivity contribution in [2.24, 2.45) is 0 Å². The van der Waals surface area contributed by atoms with E-state index in [1.54, 1.807) is 0 Å². The Morgan fingerprint density at radius 2 is 1.84 bits per heavy atom. The van der Waals surface area contributed by atoms with E-state index >= 15 is 0 Å². The van der Waals surface area contributed by atoms with Gasteiger partial charge in [0.25, 0.3) is 7.47 Å². The molecule has 0 spiro atoms. The number of aliphatic hydroxyl groups is 2. The normalized spacial score (nSPS) is 27.9. The van der Waals surface area contributed by atoms with Crippen LogP contribution in [0.4, 0.5) is 5.82 Å². The van der Waals surface area contributed by atoms with Crippen LogP contribution in [-0.2, 0) is 31.6 Å². The summed E-state index contributed by atoms with van der Waals surface area (Å²) in [6.45, 7) is -0.858. The first-order valence-corrected chi connectivity index (χ1v) is 13.1. The highest BCUT2D eigenvalue weighted by Gasteiger charge is 2.46. The third-order valence-corrected chi connectivity index (χ3v) is 7.97. The Balaban J connectivity index is 1.72. The first-order chi connectivity index (χ1) is 14.6. The van der Waals surface area contributed by atoms with Gasteiger partial charge >= 0.3 is 15.6 Å². The average Bonchev–Trinajstić information content (AvgIpc) is 3.12. The number of nitrogen functional groups attached to an aromatic ring is 1. The highest BCUT2D eigenvalue weighted by atomic mass is 35.5. The lowest BCUT2D eigenvalue weighted by atomic mass is 10.1. The Morgan fingerprint density at radius 3 is 2.47 bits per heavy atom. The zero-order chi connectivity index (χ0) is 24.1. The molecule has 0 saturated carbocycles. The Kier molecular flexibility index (Phi) is 7.22. The molecule has 176 valence electrons. The summed E-state index contributed by atoms with van der Waals surface area (Å²) in [5.74, 6) is -0.0566. The van der Waals surface area contributed by atoms with Gasteiger partial charge in [0.1, 0.15) is 23.8 Å². The number of phosphoric acid groups is 2. The van der Waals surface area contributed by atoms with Crippen LogP contribution in [0.5, 0.6) is 0 Å². The van der Waals surface area contributed by atoms with E-state index < -0.39 is 54.3 Å². The minimum Gasteiger partial charge on any atom is -0.387 e. The summed E-state index contributed by atoms with van der Waals surface area (Å²) in [5.41, 5.74) is 5.88. The van der Waals surface area contributed by atoms with Crippen LogP contribution in [-0.4, -0.2) is 76.9 Å². The topological polar surface area (TPSA) is 259 Å². The van der Waals surface area contributed by atoms with E-state index in [0.29, 0.717) is 0 Å². The fraction of sp³-hybridized carbons (Fsp3) is 0.500. The highest BCUT2D eigenvalue weighted by molar-refractivity contribution is 7.84. The molecule has 1 aliphatic rings. The third kappa shape index (κ3) is 5.93. The van der Waals surface area contributed by atoms with Gasteiger partial charge in [-0.2, -0.15) is 14.3 Å². The summed E-state index contributed by atoms with van der Waals surface area (Å²) in [7, 11) is -10.9. The molecule has 2 unspecified atom stereocenters. The predicted octanol–water partition coefficient (Wildman–Crippen LogP) is -0.799. The largest absolute Gasteiger partial charge is 0.487 e. The van der Waals surface area contributed by atoms with Crippen molar-refractivity contribution in [3.8, 4) is 0 Å². The zero-order valence-electron chi connectivity index (χ0n) is 15.4. The minimum atomic E-state index is -5.59. The van der Waals surface area contributed by atoms with E-state index in [2.05, 4.69) is 28.1 Å². The lowest BCUT2D eigenvalue weighted by Gasteiger charge is -2.21. The van der Waals surface area contributed by atoms with Crippen molar-refractivity contribution >= 4 is 59.3 Å². The molecule has 2 aromatic rings. The smallest absolute Gasteiger partial charge is 0.387 e. The van der Waals surface area contributed by atoms with Crippen LogP contribution in [0.15, 0.2) is 6.33 Å². The van der Waals surface area contributed by atoms with E-state index in [-0.39, 0.29) is 22.3 Å². The second-order valence-electron chi connectivity index (χ2n) is 6.21. The lowest BCUT2D eigenvalue weighted by Crippen LogP contribution is -2.33. The molecule has 7 N–H and O–H groups in total. The zero-order valence-corrected chi connectivity index (χ0v) is 18.8. The first-order valence-electron chi connectivity index (χ1n) is 8.10. The molecule has 1 aliphatic heterocycles. The fourth-order valence-corrected chi connectivity index (χ4v) is 6.02. The lowest BCUT2D eigenvalue weighted by molar-refractivity contribution is -0.0479. The molecule has 2 radical (unpaired) electrons. The molecule has 1 fully saturated rings. The quantitative estimate of drug-likeness (QED) is 0.137. The summed E-state index contributed by atoms with van der Waals surface area (Å²) in [4.78, 5) is 37.9. The molecule has 32 heavy (non-hydrogen) atoms. The van der Waals surface area contributed by atoms with Gasteiger partial charge in [0.05, 0.1) is 12.9 Å². The van der Waals surface area contributed by atoms with Crippen LogP contribution in [0, 0.1) is 0 Å². The van der Waals surface area contributed by atoms with Gasteiger partial charge in [0.15, 0.2) is 17.7 Å². The third-order valence-electron chi connectivity index (χ3n) is 3.88. The molecule has 3 heterocycles. The second kappa shape index (κ2) is 9.00. The van der Waals surface area contributed by atoms with E-state index in [0.717, 1.165) is 0 Å². The van der Waals surface area contributed by atoms with Gasteiger partial charge in [-0.25, -0.2) is 18.4 Å². The van der Waals surface area contributed by atoms with Crippen LogP contribution in [0.1, 0.15) is 6.23 Å². The number of anilines is 1. The number of nitrogens with two attached hydrogens (primary N) is 1. The number of fused-ring (bicyclic) bond motifs is 1. The maximum absolute atomic E-state index is 12.0. The van der Waals surface area contributed by atoms with Gasteiger partial charge in [0, 0.05) is 0 Å². The summed E-state index contributed by atoms with van der Waals surface area (Å²) in [5, 5.41) is 20.3.